The third kappa shape index (κ3) is 3.65. The van der Waals surface area contributed by atoms with Gasteiger partial charge in [0.2, 0.25) is 0 Å². The third-order valence-corrected chi connectivity index (χ3v) is 3.60. The van der Waals surface area contributed by atoms with E-state index in [9.17, 15) is 0 Å². The van der Waals surface area contributed by atoms with E-state index in [0.29, 0.717) is 12.5 Å². The maximum atomic E-state index is 6.53. The van der Waals surface area contributed by atoms with Crippen molar-refractivity contribution >= 4 is 11.6 Å². The Morgan fingerprint density at radius 3 is 2.50 bits per heavy atom. The molecule has 0 saturated heterocycles. The Bertz CT molecular complexity index is 531. The van der Waals surface area contributed by atoms with Crippen LogP contribution in [0.3, 0.4) is 0 Å². The van der Waals surface area contributed by atoms with E-state index in [1.807, 2.05) is 36.4 Å². The molecule has 3 heteroatoms. The van der Waals surface area contributed by atoms with E-state index >= 15 is 0 Å². The first-order chi connectivity index (χ1) is 9.61. The van der Waals surface area contributed by atoms with E-state index in [4.69, 9.17) is 20.8 Å². The number of furan rings is 1. The zero-order valence-electron chi connectivity index (χ0n) is 12.2. The molecule has 20 heavy (non-hydrogen) atoms. The number of ether oxygens (including phenoxy) is 1. The molecule has 0 aliphatic carbocycles. The fraction of sp³-hybridized carbons (Fsp3) is 0.412. The fourth-order valence-electron chi connectivity index (χ4n) is 2.24. The van der Waals surface area contributed by atoms with Crippen LogP contribution in [0.2, 0.25) is 0 Å². The molecule has 108 valence electrons. The number of hydrogen-bond donors (Lipinski definition) is 0. The van der Waals surface area contributed by atoms with Crippen molar-refractivity contribution in [2.75, 3.05) is 7.11 Å². The van der Waals surface area contributed by atoms with Gasteiger partial charge in [-0.1, -0.05) is 44.2 Å². The standard InChI is InChI=1S/C17H21ClO2/c1-12(2)9-15(18)14-10-16(20-17(14)11-19-3)13-7-5-4-6-8-13/h4-8,10,12,15H,9,11H2,1-3H3. The highest BCUT2D eigenvalue weighted by atomic mass is 35.5. The smallest absolute Gasteiger partial charge is 0.135 e. The molecule has 0 bridgehead atoms. The predicted molar refractivity (Wildman–Crippen MR) is 82.9 cm³/mol. The van der Waals surface area contributed by atoms with Crippen LogP contribution in [0.25, 0.3) is 11.3 Å². The van der Waals surface area contributed by atoms with Crippen LogP contribution in [-0.2, 0) is 11.3 Å². The first-order valence-corrected chi connectivity index (χ1v) is 7.36. The molecule has 2 nitrogen and oxygen atoms in total. The lowest BCUT2D eigenvalue weighted by Gasteiger charge is -2.11. The summed E-state index contributed by atoms with van der Waals surface area (Å²) in [6, 6.07) is 12.1. The largest absolute Gasteiger partial charge is 0.458 e. The lowest BCUT2D eigenvalue weighted by atomic mass is 10.0. The van der Waals surface area contributed by atoms with E-state index in [-0.39, 0.29) is 5.38 Å². The van der Waals surface area contributed by atoms with Crippen LogP contribution < -0.4 is 0 Å². The van der Waals surface area contributed by atoms with Crippen LogP contribution in [0.1, 0.15) is 37.0 Å². The molecule has 1 heterocycles. The Balaban J connectivity index is 2.33. The van der Waals surface area contributed by atoms with Crippen molar-refractivity contribution < 1.29 is 9.15 Å². The minimum Gasteiger partial charge on any atom is -0.458 e. The Morgan fingerprint density at radius 2 is 1.90 bits per heavy atom. The molecule has 0 saturated carbocycles. The summed E-state index contributed by atoms with van der Waals surface area (Å²) in [4.78, 5) is 0. The Hall–Kier alpha value is -1.25. The second-order valence-electron chi connectivity index (χ2n) is 5.39. The summed E-state index contributed by atoms with van der Waals surface area (Å²) in [6.07, 6.45) is 0.923. The summed E-state index contributed by atoms with van der Waals surface area (Å²) in [5.41, 5.74) is 2.10. The number of rotatable bonds is 6. The van der Waals surface area contributed by atoms with Crippen molar-refractivity contribution in [2.45, 2.75) is 32.3 Å². The van der Waals surface area contributed by atoms with Gasteiger partial charge in [-0.15, -0.1) is 11.6 Å². The normalized spacial score (nSPS) is 12.8. The highest BCUT2D eigenvalue weighted by molar-refractivity contribution is 6.20. The van der Waals surface area contributed by atoms with Crippen LogP contribution in [0.15, 0.2) is 40.8 Å². The van der Waals surface area contributed by atoms with Crippen LogP contribution >= 0.6 is 11.6 Å². The zero-order chi connectivity index (χ0) is 14.5. The number of hydrogen-bond acceptors (Lipinski definition) is 2. The molecule has 0 aliphatic rings. The predicted octanol–water partition coefficient (Wildman–Crippen LogP) is 5.42. The van der Waals surface area contributed by atoms with E-state index in [0.717, 1.165) is 29.1 Å². The summed E-state index contributed by atoms with van der Waals surface area (Å²) in [6.45, 7) is 4.79. The van der Waals surface area contributed by atoms with Crippen molar-refractivity contribution in [3.63, 3.8) is 0 Å². The molecule has 0 N–H and O–H groups in total. The van der Waals surface area contributed by atoms with Gasteiger partial charge in [0.05, 0.1) is 5.38 Å². The van der Waals surface area contributed by atoms with E-state index in [1.54, 1.807) is 7.11 Å². The number of benzene rings is 1. The monoisotopic (exact) mass is 292 g/mol. The summed E-state index contributed by atoms with van der Waals surface area (Å²) < 4.78 is 11.2. The van der Waals surface area contributed by atoms with Crippen LogP contribution in [0, 0.1) is 5.92 Å². The van der Waals surface area contributed by atoms with Crippen molar-refractivity contribution in [1.82, 2.24) is 0 Å². The first kappa shape index (κ1) is 15.1. The van der Waals surface area contributed by atoms with Gasteiger partial charge in [0.25, 0.3) is 0 Å². The Morgan fingerprint density at radius 1 is 1.20 bits per heavy atom. The summed E-state index contributed by atoms with van der Waals surface area (Å²) in [5.74, 6) is 2.22. The average molecular weight is 293 g/mol. The lowest BCUT2D eigenvalue weighted by Crippen LogP contribution is -1.99. The fourth-order valence-corrected chi connectivity index (χ4v) is 2.78. The van der Waals surface area contributed by atoms with Gasteiger partial charge in [-0.2, -0.15) is 0 Å². The van der Waals surface area contributed by atoms with E-state index in [2.05, 4.69) is 13.8 Å². The van der Waals surface area contributed by atoms with Gasteiger partial charge >= 0.3 is 0 Å². The minimum absolute atomic E-state index is 0.0404. The maximum Gasteiger partial charge on any atom is 0.135 e. The van der Waals surface area contributed by atoms with Gasteiger partial charge in [-0.25, -0.2) is 0 Å². The molecule has 0 radical (unpaired) electrons. The summed E-state index contributed by atoms with van der Waals surface area (Å²) >= 11 is 6.53. The molecule has 1 atom stereocenters. The van der Waals surface area contributed by atoms with E-state index in [1.165, 1.54) is 0 Å². The molecular weight excluding hydrogens is 272 g/mol. The van der Waals surface area contributed by atoms with Crippen molar-refractivity contribution in [1.29, 1.82) is 0 Å². The number of alkyl halides is 1. The molecule has 1 aromatic heterocycles. The first-order valence-electron chi connectivity index (χ1n) is 6.92. The average Bonchev–Trinajstić information content (AvgIpc) is 2.83. The SMILES string of the molecule is COCc1oc(-c2ccccc2)cc1C(Cl)CC(C)C. The molecule has 0 fully saturated rings. The number of methoxy groups -OCH3 is 1. The zero-order valence-corrected chi connectivity index (χ0v) is 13.0. The van der Waals surface area contributed by atoms with Crippen molar-refractivity contribution in [2.24, 2.45) is 5.92 Å². The van der Waals surface area contributed by atoms with Crippen molar-refractivity contribution in [3.05, 3.63) is 47.7 Å². The minimum atomic E-state index is -0.0404. The van der Waals surface area contributed by atoms with E-state index < -0.39 is 0 Å². The molecule has 0 aliphatic heterocycles. The highest BCUT2D eigenvalue weighted by Crippen LogP contribution is 2.35. The Labute approximate surface area is 125 Å². The Kier molecular flexibility index (Phi) is 5.27. The molecule has 0 spiro atoms. The molecular formula is C17H21ClO2. The molecule has 1 aromatic carbocycles. The second kappa shape index (κ2) is 6.96. The van der Waals surface area contributed by atoms with Crippen LogP contribution in [0.4, 0.5) is 0 Å². The molecule has 2 aromatic rings. The van der Waals surface area contributed by atoms with Gasteiger partial charge in [0.15, 0.2) is 0 Å². The summed E-state index contributed by atoms with van der Waals surface area (Å²) in [7, 11) is 1.67. The van der Waals surface area contributed by atoms with Gasteiger partial charge in [-0.3, -0.25) is 0 Å². The van der Waals surface area contributed by atoms with Crippen molar-refractivity contribution in [3.8, 4) is 11.3 Å². The van der Waals surface area contributed by atoms with Gasteiger partial charge < -0.3 is 9.15 Å². The third-order valence-electron chi connectivity index (χ3n) is 3.19. The van der Waals surface area contributed by atoms with Gasteiger partial charge in [0.1, 0.15) is 18.1 Å². The van der Waals surface area contributed by atoms with Crippen LogP contribution in [-0.4, -0.2) is 7.11 Å². The summed E-state index contributed by atoms with van der Waals surface area (Å²) in [5, 5.41) is -0.0404. The van der Waals surface area contributed by atoms with Gasteiger partial charge in [-0.05, 0) is 18.4 Å². The number of halogens is 1. The molecule has 0 amide bonds. The lowest BCUT2D eigenvalue weighted by molar-refractivity contribution is 0.164. The van der Waals surface area contributed by atoms with Crippen LogP contribution in [0.5, 0.6) is 0 Å². The quantitative estimate of drug-likeness (QED) is 0.663. The maximum absolute atomic E-state index is 6.53. The highest BCUT2D eigenvalue weighted by Gasteiger charge is 2.20. The molecule has 2 rings (SSSR count). The molecule has 1 unspecified atom stereocenters. The topological polar surface area (TPSA) is 22.4 Å². The van der Waals surface area contributed by atoms with Gasteiger partial charge in [0, 0.05) is 18.2 Å². The second-order valence-corrected chi connectivity index (χ2v) is 5.91.